The molecule has 0 aliphatic carbocycles. The Morgan fingerprint density at radius 1 is 1.30 bits per heavy atom. The number of sulfonamides is 1. The van der Waals surface area contributed by atoms with Crippen molar-refractivity contribution in [3.63, 3.8) is 0 Å². The van der Waals surface area contributed by atoms with Crippen LogP contribution in [0.15, 0.2) is 18.3 Å². The van der Waals surface area contributed by atoms with Crippen LogP contribution in [0.25, 0.3) is 0 Å². The van der Waals surface area contributed by atoms with Crippen LogP contribution in [-0.2, 0) is 16.6 Å². The highest BCUT2D eigenvalue weighted by molar-refractivity contribution is 7.89. The Bertz CT molecular complexity index is 474. The van der Waals surface area contributed by atoms with Crippen molar-refractivity contribution in [2.75, 3.05) is 26.0 Å². The molecule has 0 atom stereocenters. The second-order valence-electron chi connectivity index (χ2n) is 4.45. The molecule has 20 heavy (non-hydrogen) atoms. The lowest BCUT2D eigenvalue weighted by Gasteiger charge is -2.07. The van der Waals surface area contributed by atoms with Crippen LogP contribution in [0.1, 0.15) is 25.3 Å². The number of nitrogens with one attached hydrogen (secondary N) is 2. The summed E-state index contributed by atoms with van der Waals surface area (Å²) in [7, 11) is -1.69. The first-order chi connectivity index (χ1) is 9.57. The maximum atomic E-state index is 11.8. The molecule has 114 valence electrons. The lowest BCUT2D eigenvalue weighted by molar-refractivity contribution is 0.397. The molecule has 0 bridgehead atoms. The van der Waals surface area contributed by atoms with E-state index in [4.69, 9.17) is 4.74 Å². The van der Waals surface area contributed by atoms with Crippen molar-refractivity contribution in [3.05, 3.63) is 23.9 Å². The summed E-state index contributed by atoms with van der Waals surface area (Å²) in [6.45, 7) is 3.97. The van der Waals surface area contributed by atoms with E-state index >= 15 is 0 Å². The Labute approximate surface area is 121 Å². The zero-order valence-electron chi connectivity index (χ0n) is 12.1. The average molecular weight is 301 g/mol. The predicted molar refractivity (Wildman–Crippen MR) is 79.2 cm³/mol. The second-order valence-corrected chi connectivity index (χ2v) is 6.38. The first-order valence-electron chi connectivity index (χ1n) is 6.74. The molecule has 0 aliphatic heterocycles. The second kappa shape index (κ2) is 8.89. The number of hydrogen-bond donors (Lipinski definition) is 2. The molecule has 0 fully saturated rings. The largest absolute Gasteiger partial charge is 0.481 e. The minimum absolute atomic E-state index is 0.132. The number of methoxy groups -OCH3 is 1. The predicted octanol–water partition coefficient (Wildman–Crippen LogP) is 0.899. The van der Waals surface area contributed by atoms with E-state index in [1.807, 2.05) is 0 Å². The van der Waals surface area contributed by atoms with E-state index in [0.717, 1.165) is 25.1 Å². The van der Waals surface area contributed by atoms with Gasteiger partial charge in [-0.3, -0.25) is 0 Å². The first-order valence-corrected chi connectivity index (χ1v) is 8.39. The third-order valence-electron chi connectivity index (χ3n) is 2.70. The average Bonchev–Trinajstić information content (AvgIpc) is 2.45. The Kier molecular flexibility index (Phi) is 7.50. The highest BCUT2D eigenvalue weighted by atomic mass is 32.2. The summed E-state index contributed by atoms with van der Waals surface area (Å²) in [4.78, 5) is 4.03. The summed E-state index contributed by atoms with van der Waals surface area (Å²) in [5.41, 5.74) is 0.804. The highest BCUT2D eigenvalue weighted by Gasteiger charge is 2.09. The third kappa shape index (κ3) is 6.83. The molecule has 0 amide bonds. The molecule has 1 aromatic rings. The van der Waals surface area contributed by atoms with Crippen molar-refractivity contribution in [1.82, 2.24) is 15.0 Å². The fraction of sp³-hybridized carbons (Fsp3) is 0.615. The zero-order chi connectivity index (χ0) is 14.8. The summed E-state index contributed by atoms with van der Waals surface area (Å²) < 4.78 is 31.1. The van der Waals surface area contributed by atoms with Crippen LogP contribution in [0.5, 0.6) is 5.88 Å². The molecule has 0 saturated carbocycles. The Morgan fingerprint density at radius 3 is 2.70 bits per heavy atom. The van der Waals surface area contributed by atoms with Gasteiger partial charge in [0.05, 0.1) is 12.9 Å². The van der Waals surface area contributed by atoms with Gasteiger partial charge in [-0.1, -0.05) is 13.0 Å². The lowest BCUT2D eigenvalue weighted by Crippen LogP contribution is -2.28. The number of pyridine rings is 1. The van der Waals surface area contributed by atoms with Crippen LogP contribution >= 0.6 is 0 Å². The molecule has 0 unspecified atom stereocenters. The summed E-state index contributed by atoms with van der Waals surface area (Å²) in [5.74, 6) is 0.645. The van der Waals surface area contributed by atoms with Gasteiger partial charge in [0.15, 0.2) is 0 Å². The van der Waals surface area contributed by atoms with Gasteiger partial charge in [-0.15, -0.1) is 0 Å². The minimum atomic E-state index is -3.23. The topological polar surface area (TPSA) is 80.3 Å². The Morgan fingerprint density at radius 2 is 2.10 bits per heavy atom. The third-order valence-corrected chi connectivity index (χ3v) is 4.11. The van der Waals surface area contributed by atoms with Crippen LogP contribution in [0.4, 0.5) is 0 Å². The quantitative estimate of drug-likeness (QED) is 0.628. The van der Waals surface area contributed by atoms with Gasteiger partial charge in [-0.05, 0) is 31.5 Å². The summed E-state index contributed by atoms with van der Waals surface area (Å²) in [5, 5.41) is 3.18. The van der Waals surface area contributed by atoms with Gasteiger partial charge in [0.25, 0.3) is 0 Å². The van der Waals surface area contributed by atoms with Crippen LogP contribution < -0.4 is 14.8 Å². The van der Waals surface area contributed by atoms with E-state index in [1.165, 1.54) is 7.11 Å². The van der Waals surface area contributed by atoms with E-state index in [2.05, 4.69) is 21.9 Å². The number of aromatic nitrogens is 1. The van der Waals surface area contributed by atoms with Gasteiger partial charge in [0.1, 0.15) is 0 Å². The molecule has 7 heteroatoms. The summed E-state index contributed by atoms with van der Waals surface area (Å²) >= 11 is 0. The molecular formula is C13H23N3O3S. The Balaban J connectivity index is 2.31. The van der Waals surface area contributed by atoms with Crippen molar-refractivity contribution in [3.8, 4) is 5.88 Å². The molecule has 6 nitrogen and oxygen atoms in total. The molecular weight excluding hydrogens is 278 g/mol. The standard InChI is InChI=1S/C13H23N3O3S/c1-3-7-14-8-4-9-20(17,18)16-11-12-5-6-13(19-2)15-10-12/h5-6,10,14,16H,3-4,7-9,11H2,1-2H3. The van der Waals surface area contributed by atoms with Crippen molar-refractivity contribution in [1.29, 1.82) is 0 Å². The number of ether oxygens (including phenoxy) is 1. The van der Waals surface area contributed by atoms with Crippen molar-refractivity contribution < 1.29 is 13.2 Å². The molecule has 0 spiro atoms. The molecule has 1 rings (SSSR count). The van der Waals surface area contributed by atoms with E-state index in [1.54, 1.807) is 18.3 Å². The van der Waals surface area contributed by atoms with E-state index in [-0.39, 0.29) is 12.3 Å². The molecule has 1 aromatic heterocycles. The minimum Gasteiger partial charge on any atom is -0.481 e. The smallest absolute Gasteiger partial charge is 0.212 e. The maximum absolute atomic E-state index is 11.8. The maximum Gasteiger partial charge on any atom is 0.212 e. The highest BCUT2D eigenvalue weighted by Crippen LogP contribution is 2.06. The van der Waals surface area contributed by atoms with Crippen LogP contribution in [-0.4, -0.2) is 39.4 Å². The molecule has 1 heterocycles. The zero-order valence-corrected chi connectivity index (χ0v) is 12.9. The van der Waals surface area contributed by atoms with E-state index in [0.29, 0.717) is 12.3 Å². The first kappa shape index (κ1) is 16.9. The van der Waals surface area contributed by atoms with Crippen molar-refractivity contribution in [2.24, 2.45) is 0 Å². The normalized spacial score (nSPS) is 11.5. The number of nitrogens with zero attached hydrogens (tertiary/aromatic N) is 1. The van der Waals surface area contributed by atoms with Gasteiger partial charge in [-0.2, -0.15) is 0 Å². The fourth-order valence-electron chi connectivity index (χ4n) is 1.59. The molecule has 0 saturated heterocycles. The van der Waals surface area contributed by atoms with E-state index in [9.17, 15) is 8.42 Å². The fourth-order valence-corrected chi connectivity index (χ4v) is 2.65. The number of rotatable bonds is 10. The van der Waals surface area contributed by atoms with Crippen LogP contribution in [0.2, 0.25) is 0 Å². The Hall–Kier alpha value is -1.18. The lowest BCUT2D eigenvalue weighted by atomic mass is 10.3. The van der Waals surface area contributed by atoms with Gasteiger partial charge in [0.2, 0.25) is 15.9 Å². The van der Waals surface area contributed by atoms with E-state index < -0.39 is 10.0 Å². The van der Waals surface area contributed by atoms with Crippen LogP contribution in [0, 0.1) is 0 Å². The molecule has 2 N–H and O–H groups in total. The number of hydrogen-bond acceptors (Lipinski definition) is 5. The molecule has 0 aliphatic rings. The van der Waals surface area contributed by atoms with Gasteiger partial charge < -0.3 is 10.1 Å². The monoisotopic (exact) mass is 301 g/mol. The molecule has 0 aromatic carbocycles. The van der Waals surface area contributed by atoms with Crippen molar-refractivity contribution >= 4 is 10.0 Å². The van der Waals surface area contributed by atoms with Gasteiger partial charge >= 0.3 is 0 Å². The SMILES string of the molecule is CCCNCCCS(=O)(=O)NCc1ccc(OC)nc1. The summed E-state index contributed by atoms with van der Waals surface area (Å²) in [6.07, 6.45) is 3.26. The van der Waals surface area contributed by atoms with Gasteiger partial charge in [-0.25, -0.2) is 18.1 Å². The van der Waals surface area contributed by atoms with Gasteiger partial charge in [0, 0.05) is 18.8 Å². The van der Waals surface area contributed by atoms with Crippen molar-refractivity contribution in [2.45, 2.75) is 26.3 Å². The molecule has 0 radical (unpaired) electrons. The summed E-state index contributed by atoms with van der Waals surface area (Å²) in [6, 6.07) is 3.50. The van der Waals surface area contributed by atoms with Crippen LogP contribution in [0.3, 0.4) is 0 Å².